The summed E-state index contributed by atoms with van der Waals surface area (Å²) >= 11 is 0. The summed E-state index contributed by atoms with van der Waals surface area (Å²) in [5.41, 5.74) is 6.90. The van der Waals surface area contributed by atoms with Crippen molar-refractivity contribution in [3.8, 4) is 11.3 Å². The molecule has 2 N–H and O–H groups in total. The summed E-state index contributed by atoms with van der Waals surface area (Å²) in [4.78, 5) is 4.60. The molecule has 1 heterocycles. The van der Waals surface area contributed by atoms with Gasteiger partial charge in [0.15, 0.2) is 0 Å². The average molecular weight is 291 g/mol. The van der Waals surface area contributed by atoms with Gasteiger partial charge in [-0.2, -0.15) is 0 Å². The van der Waals surface area contributed by atoms with E-state index in [2.05, 4.69) is 25.8 Å². The molecule has 1 aromatic carbocycles. The van der Waals surface area contributed by atoms with Gasteiger partial charge in [-0.1, -0.05) is 20.8 Å². The Labute approximate surface area is 122 Å². The molecule has 0 saturated heterocycles. The fourth-order valence-electron chi connectivity index (χ4n) is 2.58. The highest BCUT2D eigenvalue weighted by atomic mass is 19.1. The summed E-state index contributed by atoms with van der Waals surface area (Å²) in [5, 5.41) is 0. The number of imidazole rings is 1. The molecule has 1 aliphatic rings. The molecule has 5 heteroatoms. The normalized spacial score (nSPS) is 15.5. The van der Waals surface area contributed by atoms with Gasteiger partial charge >= 0.3 is 0 Å². The van der Waals surface area contributed by atoms with Gasteiger partial charge in [-0.15, -0.1) is 0 Å². The summed E-state index contributed by atoms with van der Waals surface area (Å²) < 4.78 is 28.9. The number of nitrogens with zero attached hydrogens (tertiary/aromatic N) is 2. The quantitative estimate of drug-likeness (QED) is 0.907. The number of rotatable bonds is 2. The predicted octanol–water partition coefficient (Wildman–Crippen LogP) is 4.04. The zero-order valence-electron chi connectivity index (χ0n) is 12.5. The molecule has 21 heavy (non-hydrogen) atoms. The van der Waals surface area contributed by atoms with Crippen molar-refractivity contribution < 1.29 is 8.78 Å². The first kappa shape index (κ1) is 14.0. The van der Waals surface area contributed by atoms with E-state index in [0.29, 0.717) is 23.1 Å². The van der Waals surface area contributed by atoms with Gasteiger partial charge in [-0.25, -0.2) is 13.8 Å². The maximum absolute atomic E-state index is 13.4. The van der Waals surface area contributed by atoms with Crippen LogP contribution in [0.25, 0.3) is 11.3 Å². The standard InChI is InChI=1S/C16H19F2N3/c1-16(2,3)15-20-13(14(19)21(15)12-4-5-12)9-6-10(17)8-11(18)7-9/h6-8,12H,4-5,19H2,1-3H3. The Kier molecular flexibility index (Phi) is 3.04. The van der Waals surface area contributed by atoms with Crippen LogP contribution in [0.15, 0.2) is 18.2 Å². The van der Waals surface area contributed by atoms with Crippen molar-refractivity contribution in [1.82, 2.24) is 9.55 Å². The maximum atomic E-state index is 13.4. The molecule has 0 radical (unpaired) electrons. The lowest BCUT2D eigenvalue weighted by Gasteiger charge is -2.20. The lowest BCUT2D eigenvalue weighted by molar-refractivity contribution is 0.504. The summed E-state index contributed by atoms with van der Waals surface area (Å²) in [7, 11) is 0. The second kappa shape index (κ2) is 4.55. The third-order valence-corrected chi connectivity index (χ3v) is 3.67. The van der Waals surface area contributed by atoms with E-state index < -0.39 is 11.6 Å². The number of nitrogen functional groups attached to an aromatic ring is 1. The summed E-state index contributed by atoms with van der Waals surface area (Å²) in [6.07, 6.45) is 2.14. The zero-order chi connectivity index (χ0) is 15.4. The van der Waals surface area contributed by atoms with Crippen LogP contribution in [0.3, 0.4) is 0 Å². The summed E-state index contributed by atoms with van der Waals surface area (Å²) in [6, 6.07) is 3.75. The molecule has 2 aromatic rings. The number of halogens is 2. The SMILES string of the molecule is CC(C)(C)c1nc(-c2cc(F)cc(F)c2)c(N)n1C1CC1. The van der Waals surface area contributed by atoms with E-state index in [9.17, 15) is 8.78 Å². The van der Waals surface area contributed by atoms with Gasteiger partial charge < -0.3 is 10.3 Å². The lowest BCUT2D eigenvalue weighted by Crippen LogP contribution is -2.19. The molecule has 1 aliphatic carbocycles. The predicted molar refractivity (Wildman–Crippen MR) is 79.0 cm³/mol. The van der Waals surface area contributed by atoms with Crippen LogP contribution in [0.4, 0.5) is 14.6 Å². The average Bonchev–Trinajstić information content (AvgIpc) is 3.10. The minimum absolute atomic E-state index is 0.180. The number of benzene rings is 1. The monoisotopic (exact) mass is 291 g/mol. The van der Waals surface area contributed by atoms with Gasteiger partial charge in [0.1, 0.15) is 29.0 Å². The van der Waals surface area contributed by atoms with Gasteiger partial charge in [0, 0.05) is 23.1 Å². The van der Waals surface area contributed by atoms with Crippen molar-refractivity contribution in [2.75, 3.05) is 5.73 Å². The fourth-order valence-corrected chi connectivity index (χ4v) is 2.58. The van der Waals surface area contributed by atoms with Crippen molar-refractivity contribution >= 4 is 5.82 Å². The molecule has 1 aromatic heterocycles. The molecule has 0 bridgehead atoms. The van der Waals surface area contributed by atoms with Gasteiger partial charge in [-0.3, -0.25) is 0 Å². The second-order valence-electron chi connectivity index (χ2n) is 6.68. The molecular formula is C16H19F2N3. The van der Waals surface area contributed by atoms with Gasteiger partial charge in [0.25, 0.3) is 0 Å². The number of hydrogen-bond acceptors (Lipinski definition) is 2. The van der Waals surface area contributed by atoms with Gasteiger partial charge in [0.2, 0.25) is 0 Å². The van der Waals surface area contributed by atoms with E-state index >= 15 is 0 Å². The smallest absolute Gasteiger partial charge is 0.132 e. The Morgan fingerprint density at radius 3 is 2.19 bits per heavy atom. The molecule has 3 nitrogen and oxygen atoms in total. The molecule has 1 saturated carbocycles. The van der Waals surface area contributed by atoms with E-state index in [1.807, 2.05) is 4.57 Å². The first-order chi connectivity index (χ1) is 9.77. The van der Waals surface area contributed by atoms with Crippen LogP contribution in [0.2, 0.25) is 0 Å². The minimum Gasteiger partial charge on any atom is -0.383 e. The number of anilines is 1. The molecule has 0 unspecified atom stereocenters. The molecule has 112 valence electrons. The van der Waals surface area contributed by atoms with E-state index in [1.165, 1.54) is 12.1 Å². The molecule has 0 aliphatic heterocycles. The van der Waals surface area contributed by atoms with Crippen molar-refractivity contribution in [1.29, 1.82) is 0 Å². The van der Waals surface area contributed by atoms with Crippen LogP contribution >= 0.6 is 0 Å². The Balaban J connectivity index is 2.19. The Morgan fingerprint density at radius 2 is 1.71 bits per heavy atom. The van der Waals surface area contributed by atoms with Crippen molar-refractivity contribution in [2.45, 2.75) is 45.1 Å². The van der Waals surface area contributed by atoms with Crippen LogP contribution in [-0.2, 0) is 5.41 Å². The highest BCUT2D eigenvalue weighted by Gasteiger charge is 2.34. The Bertz CT molecular complexity index is 674. The van der Waals surface area contributed by atoms with Crippen LogP contribution in [0.5, 0.6) is 0 Å². The highest BCUT2D eigenvalue weighted by molar-refractivity contribution is 5.71. The maximum Gasteiger partial charge on any atom is 0.132 e. The number of hydrogen-bond donors (Lipinski definition) is 1. The molecule has 1 fully saturated rings. The Hall–Kier alpha value is -1.91. The molecular weight excluding hydrogens is 272 g/mol. The summed E-state index contributed by atoms with van der Waals surface area (Å²) in [6.45, 7) is 6.18. The first-order valence-electron chi connectivity index (χ1n) is 7.12. The van der Waals surface area contributed by atoms with Crippen LogP contribution in [-0.4, -0.2) is 9.55 Å². The van der Waals surface area contributed by atoms with Gasteiger partial charge in [0.05, 0.1) is 0 Å². The fraction of sp³-hybridized carbons (Fsp3) is 0.438. The highest BCUT2D eigenvalue weighted by Crippen LogP contribution is 2.43. The van der Waals surface area contributed by atoms with Crippen molar-refractivity contribution in [3.63, 3.8) is 0 Å². The van der Waals surface area contributed by atoms with Crippen LogP contribution in [0, 0.1) is 11.6 Å². The summed E-state index contributed by atoms with van der Waals surface area (Å²) in [5.74, 6) is 0.111. The van der Waals surface area contributed by atoms with Crippen molar-refractivity contribution in [2.24, 2.45) is 0 Å². The zero-order valence-corrected chi connectivity index (χ0v) is 12.5. The van der Waals surface area contributed by atoms with E-state index in [4.69, 9.17) is 5.73 Å². The van der Waals surface area contributed by atoms with Crippen LogP contribution in [0.1, 0.15) is 45.5 Å². The Morgan fingerprint density at radius 1 is 1.14 bits per heavy atom. The van der Waals surface area contributed by atoms with Gasteiger partial charge in [-0.05, 0) is 25.0 Å². The molecule has 3 rings (SSSR count). The second-order valence-corrected chi connectivity index (χ2v) is 6.68. The third kappa shape index (κ3) is 2.52. The molecule has 0 spiro atoms. The van der Waals surface area contributed by atoms with Crippen LogP contribution < -0.4 is 5.73 Å². The van der Waals surface area contributed by atoms with Crippen molar-refractivity contribution in [3.05, 3.63) is 35.7 Å². The lowest BCUT2D eigenvalue weighted by atomic mass is 9.95. The molecule has 0 amide bonds. The largest absolute Gasteiger partial charge is 0.383 e. The van der Waals surface area contributed by atoms with E-state index in [0.717, 1.165) is 24.7 Å². The first-order valence-corrected chi connectivity index (χ1v) is 7.12. The number of aromatic nitrogens is 2. The third-order valence-electron chi connectivity index (χ3n) is 3.67. The topological polar surface area (TPSA) is 43.8 Å². The van der Waals surface area contributed by atoms with E-state index in [-0.39, 0.29) is 5.41 Å². The van der Waals surface area contributed by atoms with E-state index in [1.54, 1.807) is 0 Å². The minimum atomic E-state index is -0.623. The molecule has 0 atom stereocenters. The number of nitrogens with two attached hydrogens (primary N) is 1.